The van der Waals surface area contributed by atoms with Crippen molar-refractivity contribution in [3.8, 4) is 0 Å². The normalized spacial score (nSPS) is 18.3. The van der Waals surface area contributed by atoms with Crippen LogP contribution in [0.25, 0.3) is 0 Å². The summed E-state index contributed by atoms with van der Waals surface area (Å²) >= 11 is 0. The molecule has 0 amide bonds. The predicted octanol–water partition coefficient (Wildman–Crippen LogP) is 1.54. The molecule has 0 bridgehead atoms. The summed E-state index contributed by atoms with van der Waals surface area (Å²) < 4.78 is 26.8. The van der Waals surface area contributed by atoms with E-state index in [-0.39, 0.29) is 0 Å². The summed E-state index contributed by atoms with van der Waals surface area (Å²) in [5, 5.41) is 0. The fourth-order valence-electron chi connectivity index (χ4n) is 2.60. The minimum absolute atomic E-state index is 0.294. The maximum absolute atomic E-state index is 12.6. The quantitative estimate of drug-likeness (QED) is 0.857. The summed E-state index contributed by atoms with van der Waals surface area (Å²) in [4.78, 5) is 2.61. The fraction of sp³-hybridized carbons (Fsp3) is 0.600. The molecular formula is C15H25N3O2S. The van der Waals surface area contributed by atoms with E-state index in [4.69, 9.17) is 5.73 Å². The van der Waals surface area contributed by atoms with Crippen LogP contribution < -0.4 is 5.73 Å². The first-order chi connectivity index (χ1) is 9.80. The van der Waals surface area contributed by atoms with Gasteiger partial charge in [-0.25, -0.2) is 8.42 Å². The number of hydrogen-bond donors (Lipinski definition) is 1. The number of hydrogen-bond acceptors (Lipinski definition) is 4. The zero-order valence-corrected chi connectivity index (χ0v) is 13.9. The number of anilines is 1. The second-order valence-electron chi connectivity index (χ2n) is 6.12. The molecule has 0 aromatic heterocycles. The standard InChI is InChI=1S/C15H25N3O2S/c1-12(2)11-17-6-8-18(9-7-17)21(19,20)14-5-4-13(3)15(16)10-14/h4-5,10,12H,6-9,11,16H2,1-3H3. The SMILES string of the molecule is Cc1ccc(S(=O)(=O)N2CCN(CC(C)C)CC2)cc1N. The average Bonchev–Trinajstić information content (AvgIpc) is 2.41. The second-order valence-corrected chi connectivity index (χ2v) is 8.05. The van der Waals surface area contributed by atoms with Crippen molar-refractivity contribution < 1.29 is 8.42 Å². The molecule has 0 aliphatic carbocycles. The molecule has 1 aliphatic heterocycles. The number of benzene rings is 1. The number of sulfonamides is 1. The monoisotopic (exact) mass is 311 g/mol. The van der Waals surface area contributed by atoms with Gasteiger partial charge < -0.3 is 10.6 Å². The molecule has 0 spiro atoms. The Kier molecular flexibility index (Phi) is 4.91. The van der Waals surface area contributed by atoms with E-state index in [1.165, 1.54) is 0 Å². The van der Waals surface area contributed by atoms with Gasteiger partial charge in [0.15, 0.2) is 0 Å². The van der Waals surface area contributed by atoms with E-state index < -0.39 is 10.0 Å². The number of nitrogen functional groups attached to an aromatic ring is 1. The van der Waals surface area contributed by atoms with Crippen LogP contribution in [0, 0.1) is 12.8 Å². The van der Waals surface area contributed by atoms with Crippen LogP contribution in [0.4, 0.5) is 5.69 Å². The summed E-state index contributed by atoms with van der Waals surface area (Å²) in [6, 6.07) is 4.96. The molecule has 0 unspecified atom stereocenters. The van der Waals surface area contributed by atoms with Crippen LogP contribution in [0.3, 0.4) is 0 Å². The van der Waals surface area contributed by atoms with Crippen LogP contribution in [-0.4, -0.2) is 50.3 Å². The Balaban J connectivity index is 2.09. The molecule has 1 fully saturated rings. The van der Waals surface area contributed by atoms with Gasteiger partial charge >= 0.3 is 0 Å². The first-order valence-electron chi connectivity index (χ1n) is 7.39. The van der Waals surface area contributed by atoms with E-state index >= 15 is 0 Å². The molecule has 1 aromatic rings. The average molecular weight is 311 g/mol. The number of nitrogens with two attached hydrogens (primary N) is 1. The van der Waals surface area contributed by atoms with Gasteiger partial charge in [0.05, 0.1) is 4.90 Å². The summed E-state index contributed by atoms with van der Waals surface area (Å²) in [6.07, 6.45) is 0. The van der Waals surface area contributed by atoms with Crippen molar-refractivity contribution in [2.24, 2.45) is 5.92 Å². The number of rotatable bonds is 4. The third-order valence-electron chi connectivity index (χ3n) is 3.84. The van der Waals surface area contributed by atoms with E-state index in [2.05, 4.69) is 18.7 Å². The highest BCUT2D eigenvalue weighted by atomic mass is 32.2. The molecule has 118 valence electrons. The summed E-state index contributed by atoms with van der Waals surface area (Å²) in [5.41, 5.74) is 7.25. The highest BCUT2D eigenvalue weighted by Gasteiger charge is 2.28. The second kappa shape index (κ2) is 6.34. The van der Waals surface area contributed by atoms with Gasteiger partial charge in [0, 0.05) is 38.4 Å². The van der Waals surface area contributed by atoms with Gasteiger partial charge in [0.1, 0.15) is 0 Å². The van der Waals surface area contributed by atoms with Gasteiger partial charge in [0.2, 0.25) is 10.0 Å². The Morgan fingerprint density at radius 2 is 1.81 bits per heavy atom. The van der Waals surface area contributed by atoms with E-state index in [0.717, 1.165) is 25.2 Å². The minimum Gasteiger partial charge on any atom is -0.398 e. The lowest BCUT2D eigenvalue weighted by atomic mass is 10.2. The van der Waals surface area contributed by atoms with Crippen LogP contribution in [0.5, 0.6) is 0 Å². The number of nitrogens with zero attached hydrogens (tertiary/aromatic N) is 2. The summed E-state index contributed by atoms with van der Waals surface area (Å²) in [7, 11) is -3.43. The van der Waals surface area contributed by atoms with Gasteiger partial charge in [-0.3, -0.25) is 0 Å². The molecule has 0 saturated carbocycles. The van der Waals surface area contributed by atoms with Crippen LogP contribution >= 0.6 is 0 Å². The Labute approximate surface area is 127 Å². The topological polar surface area (TPSA) is 66.6 Å². The van der Waals surface area contributed by atoms with Crippen LogP contribution in [0.1, 0.15) is 19.4 Å². The van der Waals surface area contributed by atoms with Crippen molar-refractivity contribution in [3.05, 3.63) is 23.8 Å². The van der Waals surface area contributed by atoms with Crippen molar-refractivity contribution in [1.29, 1.82) is 0 Å². The lowest BCUT2D eigenvalue weighted by Gasteiger charge is -2.34. The third kappa shape index (κ3) is 3.75. The van der Waals surface area contributed by atoms with Crippen molar-refractivity contribution in [3.63, 3.8) is 0 Å². The molecule has 1 saturated heterocycles. The molecule has 1 aliphatic rings. The third-order valence-corrected chi connectivity index (χ3v) is 5.74. The first kappa shape index (κ1) is 16.3. The zero-order valence-electron chi connectivity index (χ0n) is 13.0. The fourth-order valence-corrected chi connectivity index (χ4v) is 4.06. The molecule has 6 heteroatoms. The molecule has 1 heterocycles. The Morgan fingerprint density at radius 1 is 1.19 bits per heavy atom. The molecular weight excluding hydrogens is 286 g/mol. The van der Waals surface area contributed by atoms with Gasteiger partial charge in [-0.05, 0) is 30.5 Å². The smallest absolute Gasteiger partial charge is 0.243 e. The summed E-state index contributed by atoms with van der Waals surface area (Å²) in [5.74, 6) is 0.602. The molecule has 2 N–H and O–H groups in total. The highest BCUT2D eigenvalue weighted by molar-refractivity contribution is 7.89. The molecule has 0 atom stereocenters. The lowest BCUT2D eigenvalue weighted by molar-refractivity contribution is 0.172. The number of piperazine rings is 1. The Hall–Kier alpha value is -1.11. The van der Waals surface area contributed by atoms with Crippen molar-refractivity contribution in [1.82, 2.24) is 9.21 Å². The van der Waals surface area contributed by atoms with E-state index in [9.17, 15) is 8.42 Å². The van der Waals surface area contributed by atoms with Crippen molar-refractivity contribution in [2.45, 2.75) is 25.7 Å². The van der Waals surface area contributed by atoms with Crippen LogP contribution in [0.2, 0.25) is 0 Å². The van der Waals surface area contributed by atoms with Crippen LogP contribution in [-0.2, 0) is 10.0 Å². The van der Waals surface area contributed by atoms with Crippen molar-refractivity contribution >= 4 is 15.7 Å². The van der Waals surface area contributed by atoms with Gasteiger partial charge in [-0.2, -0.15) is 4.31 Å². The van der Waals surface area contributed by atoms with E-state index in [0.29, 0.717) is 29.6 Å². The maximum Gasteiger partial charge on any atom is 0.243 e. The Morgan fingerprint density at radius 3 is 2.33 bits per heavy atom. The van der Waals surface area contributed by atoms with E-state index in [1.54, 1.807) is 22.5 Å². The molecule has 0 radical (unpaired) electrons. The molecule has 1 aromatic carbocycles. The zero-order chi connectivity index (χ0) is 15.6. The van der Waals surface area contributed by atoms with Gasteiger partial charge in [-0.1, -0.05) is 19.9 Å². The van der Waals surface area contributed by atoms with Crippen LogP contribution in [0.15, 0.2) is 23.1 Å². The predicted molar refractivity (Wildman–Crippen MR) is 85.6 cm³/mol. The number of aryl methyl sites for hydroxylation is 1. The van der Waals surface area contributed by atoms with E-state index in [1.807, 2.05) is 6.92 Å². The maximum atomic E-state index is 12.6. The highest BCUT2D eigenvalue weighted by Crippen LogP contribution is 2.22. The van der Waals surface area contributed by atoms with Gasteiger partial charge in [-0.15, -0.1) is 0 Å². The minimum atomic E-state index is -3.43. The van der Waals surface area contributed by atoms with Gasteiger partial charge in [0.25, 0.3) is 0 Å². The molecule has 5 nitrogen and oxygen atoms in total. The lowest BCUT2D eigenvalue weighted by Crippen LogP contribution is -2.49. The largest absolute Gasteiger partial charge is 0.398 e. The first-order valence-corrected chi connectivity index (χ1v) is 8.83. The summed E-state index contributed by atoms with van der Waals surface area (Å²) in [6.45, 7) is 9.92. The Bertz CT molecular complexity index is 591. The van der Waals surface area contributed by atoms with Crippen molar-refractivity contribution in [2.75, 3.05) is 38.5 Å². The molecule has 21 heavy (non-hydrogen) atoms. The molecule has 2 rings (SSSR count).